The molecule has 3 heteroatoms. The molecule has 0 aromatic heterocycles. The lowest BCUT2D eigenvalue weighted by Crippen LogP contribution is -2.41. The number of nitrogens with two attached hydrogens (primary N) is 1. The molecule has 1 aliphatic carbocycles. The third-order valence-corrected chi connectivity index (χ3v) is 3.54. The monoisotopic (exact) mass is 226 g/mol. The average Bonchev–Trinajstić information content (AvgIpc) is 2.28. The zero-order valence-corrected chi connectivity index (χ0v) is 10.5. The molecule has 1 amide bonds. The summed E-state index contributed by atoms with van der Waals surface area (Å²) < 4.78 is 0. The van der Waals surface area contributed by atoms with Gasteiger partial charge >= 0.3 is 0 Å². The normalized spacial score (nSPS) is 25.4. The summed E-state index contributed by atoms with van der Waals surface area (Å²) in [7, 11) is 0. The number of nitrogens with one attached hydrogen (secondary N) is 1. The number of rotatable bonds is 6. The topological polar surface area (TPSA) is 55.1 Å². The van der Waals surface area contributed by atoms with Gasteiger partial charge in [0.15, 0.2) is 0 Å². The van der Waals surface area contributed by atoms with Crippen LogP contribution in [0.4, 0.5) is 0 Å². The van der Waals surface area contributed by atoms with Crippen molar-refractivity contribution in [2.24, 2.45) is 11.7 Å². The van der Waals surface area contributed by atoms with Crippen molar-refractivity contribution in [3.05, 3.63) is 0 Å². The van der Waals surface area contributed by atoms with Crippen molar-refractivity contribution in [3.63, 3.8) is 0 Å². The molecule has 1 saturated carbocycles. The summed E-state index contributed by atoms with van der Waals surface area (Å²) in [6, 6.07) is 0.296. The third-order valence-electron chi connectivity index (χ3n) is 3.54. The van der Waals surface area contributed by atoms with Gasteiger partial charge in [-0.3, -0.25) is 4.79 Å². The number of amides is 1. The van der Waals surface area contributed by atoms with E-state index < -0.39 is 0 Å². The number of unbranched alkanes of at least 4 members (excludes halogenated alkanes) is 2. The number of hydrogen-bond acceptors (Lipinski definition) is 2. The van der Waals surface area contributed by atoms with Crippen LogP contribution in [0.25, 0.3) is 0 Å². The van der Waals surface area contributed by atoms with Crippen LogP contribution in [-0.4, -0.2) is 18.5 Å². The van der Waals surface area contributed by atoms with Crippen molar-refractivity contribution >= 4 is 5.91 Å². The van der Waals surface area contributed by atoms with Gasteiger partial charge in [-0.15, -0.1) is 0 Å². The predicted octanol–water partition coefficient (Wildman–Crippen LogP) is 2.20. The standard InChI is InChI=1S/C13H26N2O/c1-2-3-4-9-13(16)15-10-11-7-5-6-8-12(11)14/h11-12H,2-10,14H2,1H3,(H,15,16). The Kier molecular flexibility index (Phi) is 6.46. The Morgan fingerprint density at radius 2 is 2.06 bits per heavy atom. The second kappa shape index (κ2) is 7.66. The molecule has 0 heterocycles. The maximum absolute atomic E-state index is 11.5. The molecule has 0 radical (unpaired) electrons. The van der Waals surface area contributed by atoms with Gasteiger partial charge in [-0.2, -0.15) is 0 Å². The van der Waals surface area contributed by atoms with Crippen molar-refractivity contribution in [2.75, 3.05) is 6.54 Å². The van der Waals surface area contributed by atoms with Crippen LogP contribution >= 0.6 is 0 Å². The molecule has 0 aliphatic heterocycles. The van der Waals surface area contributed by atoms with E-state index in [0.29, 0.717) is 18.4 Å². The zero-order chi connectivity index (χ0) is 11.8. The van der Waals surface area contributed by atoms with Gasteiger partial charge in [-0.1, -0.05) is 32.6 Å². The highest BCUT2D eigenvalue weighted by Gasteiger charge is 2.21. The van der Waals surface area contributed by atoms with E-state index in [0.717, 1.165) is 25.8 Å². The van der Waals surface area contributed by atoms with Crippen LogP contribution in [0.2, 0.25) is 0 Å². The molecule has 1 aliphatic rings. The van der Waals surface area contributed by atoms with E-state index in [2.05, 4.69) is 12.2 Å². The maximum atomic E-state index is 11.5. The molecule has 3 N–H and O–H groups in total. The lowest BCUT2D eigenvalue weighted by Gasteiger charge is -2.28. The second-order valence-electron chi connectivity index (χ2n) is 4.97. The molecule has 2 atom stereocenters. The molecule has 0 bridgehead atoms. The first-order chi connectivity index (χ1) is 7.74. The van der Waals surface area contributed by atoms with Crippen LogP contribution in [0.3, 0.4) is 0 Å². The average molecular weight is 226 g/mol. The molecule has 0 saturated heterocycles. The van der Waals surface area contributed by atoms with E-state index in [1.54, 1.807) is 0 Å². The van der Waals surface area contributed by atoms with Gasteiger partial charge in [0.05, 0.1) is 0 Å². The summed E-state index contributed by atoms with van der Waals surface area (Å²) in [5.74, 6) is 0.704. The van der Waals surface area contributed by atoms with E-state index in [9.17, 15) is 4.79 Å². The minimum atomic E-state index is 0.200. The molecule has 1 rings (SSSR count). The minimum absolute atomic E-state index is 0.200. The lowest BCUT2D eigenvalue weighted by molar-refractivity contribution is -0.121. The van der Waals surface area contributed by atoms with Crippen molar-refractivity contribution in [1.29, 1.82) is 0 Å². The fourth-order valence-electron chi connectivity index (χ4n) is 2.36. The van der Waals surface area contributed by atoms with Crippen molar-refractivity contribution in [2.45, 2.75) is 64.3 Å². The van der Waals surface area contributed by atoms with Crippen LogP contribution < -0.4 is 11.1 Å². The lowest BCUT2D eigenvalue weighted by atomic mass is 9.85. The summed E-state index contributed by atoms with van der Waals surface area (Å²) in [6.45, 7) is 2.94. The van der Waals surface area contributed by atoms with Crippen LogP contribution in [0.1, 0.15) is 58.3 Å². The Labute approximate surface area is 99.2 Å². The highest BCUT2D eigenvalue weighted by Crippen LogP contribution is 2.22. The van der Waals surface area contributed by atoms with Gasteiger partial charge < -0.3 is 11.1 Å². The Morgan fingerprint density at radius 3 is 2.75 bits per heavy atom. The molecule has 0 spiro atoms. The zero-order valence-electron chi connectivity index (χ0n) is 10.5. The first-order valence-electron chi connectivity index (χ1n) is 6.76. The van der Waals surface area contributed by atoms with Gasteiger partial charge in [0, 0.05) is 19.0 Å². The molecule has 2 unspecified atom stereocenters. The summed E-state index contributed by atoms with van der Waals surface area (Å²) >= 11 is 0. The quantitative estimate of drug-likeness (QED) is 0.682. The molecule has 94 valence electrons. The van der Waals surface area contributed by atoms with Gasteiger partial charge in [0.25, 0.3) is 0 Å². The first-order valence-corrected chi connectivity index (χ1v) is 6.76. The minimum Gasteiger partial charge on any atom is -0.356 e. The van der Waals surface area contributed by atoms with E-state index >= 15 is 0 Å². The summed E-state index contributed by atoms with van der Waals surface area (Å²) in [4.78, 5) is 11.5. The van der Waals surface area contributed by atoms with Crippen molar-refractivity contribution in [1.82, 2.24) is 5.32 Å². The third kappa shape index (κ3) is 4.97. The number of carbonyl (C=O) groups excluding carboxylic acids is 1. The summed E-state index contributed by atoms with van der Waals surface area (Å²) in [5.41, 5.74) is 6.04. The van der Waals surface area contributed by atoms with E-state index in [-0.39, 0.29) is 5.91 Å². The van der Waals surface area contributed by atoms with Crippen LogP contribution in [0.5, 0.6) is 0 Å². The highest BCUT2D eigenvalue weighted by molar-refractivity contribution is 5.75. The summed E-state index contributed by atoms with van der Waals surface area (Å²) in [5, 5.41) is 3.02. The molecule has 1 fully saturated rings. The Hall–Kier alpha value is -0.570. The predicted molar refractivity (Wildman–Crippen MR) is 67.1 cm³/mol. The fourth-order valence-corrected chi connectivity index (χ4v) is 2.36. The molecule has 0 aromatic carbocycles. The van der Waals surface area contributed by atoms with Crippen molar-refractivity contribution in [3.8, 4) is 0 Å². The van der Waals surface area contributed by atoms with Gasteiger partial charge in [-0.05, 0) is 25.2 Å². The van der Waals surface area contributed by atoms with E-state index in [1.807, 2.05) is 0 Å². The molecular formula is C13H26N2O. The molecular weight excluding hydrogens is 200 g/mol. The van der Waals surface area contributed by atoms with Gasteiger partial charge in [-0.25, -0.2) is 0 Å². The second-order valence-corrected chi connectivity index (χ2v) is 4.97. The Balaban J connectivity index is 2.10. The largest absolute Gasteiger partial charge is 0.356 e. The Bertz CT molecular complexity index is 206. The van der Waals surface area contributed by atoms with Crippen LogP contribution in [-0.2, 0) is 4.79 Å². The first kappa shape index (κ1) is 13.5. The van der Waals surface area contributed by atoms with E-state index in [4.69, 9.17) is 5.73 Å². The van der Waals surface area contributed by atoms with Crippen molar-refractivity contribution < 1.29 is 4.79 Å². The fraction of sp³-hybridized carbons (Fsp3) is 0.923. The van der Waals surface area contributed by atoms with E-state index in [1.165, 1.54) is 25.7 Å². The van der Waals surface area contributed by atoms with Gasteiger partial charge in [0.2, 0.25) is 5.91 Å². The SMILES string of the molecule is CCCCCC(=O)NCC1CCCCC1N. The number of carbonyl (C=O) groups is 1. The maximum Gasteiger partial charge on any atom is 0.220 e. The Morgan fingerprint density at radius 1 is 1.31 bits per heavy atom. The van der Waals surface area contributed by atoms with Gasteiger partial charge in [0.1, 0.15) is 0 Å². The molecule has 3 nitrogen and oxygen atoms in total. The van der Waals surface area contributed by atoms with Crippen LogP contribution in [0, 0.1) is 5.92 Å². The molecule has 16 heavy (non-hydrogen) atoms. The summed E-state index contributed by atoms with van der Waals surface area (Å²) in [6.07, 6.45) is 8.82. The highest BCUT2D eigenvalue weighted by atomic mass is 16.1. The number of hydrogen-bond donors (Lipinski definition) is 2. The molecule has 0 aromatic rings. The van der Waals surface area contributed by atoms with Crippen LogP contribution in [0.15, 0.2) is 0 Å². The smallest absolute Gasteiger partial charge is 0.220 e.